The first-order valence-corrected chi connectivity index (χ1v) is 6.86. The highest BCUT2D eigenvalue weighted by Crippen LogP contribution is 2.30. The number of ether oxygens (including phenoxy) is 1. The number of fused-ring (bicyclic) bond motifs is 1. The molecular weight excluding hydrogens is 301 g/mol. The summed E-state index contributed by atoms with van der Waals surface area (Å²) in [6.07, 6.45) is 2.20. The molecule has 2 rings (SSSR count). The maximum Gasteiger partial charge on any atom is 0.258 e. The highest BCUT2D eigenvalue weighted by molar-refractivity contribution is 6.38. The Morgan fingerprint density at radius 2 is 2.15 bits per heavy atom. The number of nitrogens with one attached hydrogen (secondary N) is 1. The fourth-order valence-electron chi connectivity index (χ4n) is 1.63. The lowest BCUT2D eigenvalue weighted by molar-refractivity contribution is -0.123. The molecule has 20 heavy (non-hydrogen) atoms. The number of benzene rings is 1. The second-order valence-corrected chi connectivity index (χ2v) is 4.94. The molecule has 0 aliphatic carbocycles. The third-order valence-corrected chi connectivity index (χ3v) is 3.04. The van der Waals surface area contributed by atoms with Crippen LogP contribution in [0.25, 0.3) is 10.9 Å². The molecule has 0 atom stereocenters. The van der Waals surface area contributed by atoms with Crippen molar-refractivity contribution in [2.45, 2.75) is 13.3 Å². The minimum atomic E-state index is -0.202. The van der Waals surface area contributed by atoms with Gasteiger partial charge in [0.15, 0.2) is 6.61 Å². The number of carbonyl (C=O) groups excluding carboxylic acids is 1. The molecule has 1 N–H and O–H groups in total. The molecule has 7 heteroatoms. The lowest BCUT2D eigenvalue weighted by Crippen LogP contribution is -2.29. The molecule has 0 aliphatic rings. The van der Waals surface area contributed by atoms with Crippen LogP contribution in [0, 0.1) is 0 Å². The predicted octanol–water partition coefficient (Wildman–Crippen LogP) is 2.84. The van der Waals surface area contributed by atoms with Crippen molar-refractivity contribution >= 4 is 40.0 Å². The number of amides is 1. The number of hydrogen-bond acceptors (Lipinski definition) is 4. The molecule has 1 amide bonds. The molecule has 0 saturated carbocycles. The van der Waals surface area contributed by atoms with Crippen LogP contribution >= 0.6 is 23.2 Å². The van der Waals surface area contributed by atoms with Crippen LogP contribution in [-0.2, 0) is 4.79 Å². The molecule has 0 radical (unpaired) electrons. The number of hydrogen-bond donors (Lipinski definition) is 1. The Morgan fingerprint density at radius 3 is 2.90 bits per heavy atom. The van der Waals surface area contributed by atoms with Gasteiger partial charge in [0, 0.05) is 11.6 Å². The quantitative estimate of drug-likeness (QED) is 0.922. The summed E-state index contributed by atoms with van der Waals surface area (Å²) in [5, 5.41) is 4.16. The van der Waals surface area contributed by atoms with Crippen LogP contribution < -0.4 is 10.1 Å². The van der Waals surface area contributed by atoms with Gasteiger partial charge in [-0.15, -0.1) is 0 Å². The van der Waals surface area contributed by atoms with Crippen molar-refractivity contribution in [1.29, 1.82) is 0 Å². The fourth-order valence-corrected chi connectivity index (χ4v) is 2.18. The zero-order chi connectivity index (χ0) is 14.5. The van der Waals surface area contributed by atoms with E-state index in [9.17, 15) is 4.79 Å². The van der Waals surface area contributed by atoms with Gasteiger partial charge in [0.25, 0.3) is 5.91 Å². The van der Waals surface area contributed by atoms with Crippen molar-refractivity contribution < 1.29 is 9.53 Å². The third-order valence-electron chi connectivity index (χ3n) is 2.53. The Morgan fingerprint density at radius 1 is 1.35 bits per heavy atom. The molecule has 0 unspecified atom stereocenters. The van der Waals surface area contributed by atoms with E-state index < -0.39 is 0 Å². The van der Waals surface area contributed by atoms with Crippen LogP contribution in [0.15, 0.2) is 18.5 Å². The van der Waals surface area contributed by atoms with Crippen molar-refractivity contribution in [2.75, 3.05) is 13.2 Å². The molecule has 1 heterocycles. The smallest absolute Gasteiger partial charge is 0.258 e. The van der Waals surface area contributed by atoms with E-state index >= 15 is 0 Å². The molecule has 1 aromatic heterocycles. The summed E-state index contributed by atoms with van der Waals surface area (Å²) >= 11 is 12.0. The lowest BCUT2D eigenvalue weighted by atomic mass is 10.2. The second-order valence-electron chi connectivity index (χ2n) is 4.10. The van der Waals surface area contributed by atoms with E-state index in [1.54, 1.807) is 12.1 Å². The molecule has 106 valence electrons. The van der Waals surface area contributed by atoms with Crippen LogP contribution in [0.3, 0.4) is 0 Å². The normalized spacial score (nSPS) is 10.6. The average molecular weight is 314 g/mol. The van der Waals surface area contributed by atoms with Crippen LogP contribution in [0.2, 0.25) is 10.0 Å². The van der Waals surface area contributed by atoms with Gasteiger partial charge < -0.3 is 10.1 Å². The number of halogens is 2. The number of nitrogens with zero attached hydrogens (tertiary/aromatic N) is 2. The van der Waals surface area contributed by atoms with Gasteiger partial charge in [-0.3, -0.25) is 4.79 Å². The summed E-state index contributed by atoms with van der Waals surface area (Å²) in [6.45, 7) is 2.48. The first-order valence-electron chi connectivity index (χ1n) is 6.11. The van der Waals surface area contributed by atoms with Crippen molar-refractivity contribution in [1.82, 2.24) is 15.3 Å². The average Bonchev–Trinajstić information content (AvgIpc) is 2.43. The summed E-state index contributed by atoms with van der Waals surface area (Å²) in [4.78, 5) is 19.6. The number of rotatable bonds is 5. The van der Waals surface area contributed by atoms with Gasteiger partial charge >= 0.3 is 0 Å². The van der Waals surface area contributed by atoms with E-state index in [2.05, 4.69) is 15.3 Å². The topological polar surface area (TPSA) is 64.1 Å². The molecule has 0 bridgehead atoms. The van der Waals surface area contributed by atoms with Crippen molar-refractivity contribution in [3.8, 4) is 5.88 Å². The lowest BCUT2D eigenvalue weighted by Gasteiger charge is -2.09. The van der Waals surface area contributed by atoms with E-state index in [0.717, 1.165) is 6.42 Å². The first kappa shape index (κ1) is 14.8. The number of aromatic nitrogens is 2. The maximum atomic E-state index is 11.5. The fraction of sp³-hybridized carbons (Fsp3) is 0.308. The minimum absolute atomic E-state index is 0.115. The van der Waals surface area contributed by atoms with E-state index in [-0.39, 0.29) is 18.4 Å². The molecular formula is C13H13Cl2N3O2. The molecule has 0 spiro atoms. The highest BCUT2D eigenvalue weighted by Gasteiger charge is 2.11. The van der Waals surface area contributed by atoms with E-state index in [0.29, 0.717) is 27.5 Å². The Kier molecular flexibility index (Phi) is 4.98. The SMILES string of the molecule is CCCNC(=O)COc1ncnc2c(Cl)cc(Cl)cc12. The van der Waals surface area contributed by atoms with Crippen LogP contribution in [0.4, 0.5) is 0 Å². The van der Waals surface area contributed by atoms with E-state index in [1.165, 1.54) is 6.33 Å². The van der Waals surface area contributed by atoms with Gasteiger partial charge in [-0.25, -0.2) is 9.97 Å². The molecule has 0 saturated heterocycles. The molecule has 2 aromatic rings. The molecule has 0 fully saturated rings. The Bertz CT molecular complexity index is 634. The molecule has 1 aromatic carbocycles. The minimum Gasteiger partial charge on any atom is -0.467 e. The first-order chi connectivity index (χ1) is 9.61. The predicted molar refractivity (Wildman–Crippen MR) is 78.4 cm³/mol. The summed E-state index contributed by atoms with van der Waals surface area (Å²) in [5.41, 5.74) is 0.537. The van der Waals surface area contributed by atoms with Gasteiger partial charge in [0.2, 0.25) is 5.88 Å². The largest absolute Gasteiger partial charge is 0.467 e. The van der Waals surface area contributed by atoms with Gasteiger partial charge in [-0.05, 0) is 18.6 Å². The van der Waals surface area contributed by atoms with Crippen molar-refractivity contribution in [3.05, 3.63) is 28.5 Å². The number of carbonyl (C=O) groups is 1. The Hall–Kier alpha value is -1.59. The maximum absolute atomic E-state index is 11.5. The molecule has 0 aliphatic heterocycles. The van der Waals surface area contributed by atoms with Gasteiger partial charge in [-0.1, -0.05) is 30.1 Å². The third kappa shape index (κ3) is 3.49. The monoisotopic (exact) mass is 313 g/mol. The summed E-state index contributed by atoms with van der Waals surface area (Å²) in [7, 11) is 0. The second kappa shape index (κ2) is 6.72. The summed E-state index contributed by atoms with van der Waals surface area (Å²) in [5.74, 6) is 0.0813. The van der Waals surface area contributed by atoms with E-state index in [1.807, 2.05) is 6.92 Å². The van der Waals surface area contributed by atoms with Gasteiger partial charge in [-0.2, -0.15) is 0 Å². The van der Waals surface area contributed by atoms with E-state index in [4.69, 9.17) is 27.9 Å². The summed E-state index contributed by atoms with van der Waals surface area (Å²) in [6, 6.07) is 3.25. The Labute approximate surface area is 126 Å². The zero-order valence-electron chi connectivity index (χ0n) is 10.8. The standard InChI is InChI=1S/C13H13Cl2N3O2/c1-2-3-16-11(19)6-20-13-9-4-8(14)5-10(15)12(9)17-7-18-13/h4-5,7H,2-3,6H2,1H3,(H,16,19). The van der Waals surface area contributed by atoms with Crippen molar-refractivity contribution in [2.24, 2.45) is 0 Å². The van der Waals surface area contributed by atoms with Gasteiger partial charge in [0.05, 0.1) is 15.9 Å². The Balaban J connectivity index is 2.20. The van der Waals surface area contributed by atoms with Crippen molar-refractivity contribution in [3.63, 3.8) is 0 Å². The zero-order valence-corrected chi connectivity index (χ0v) is 12.3. The van der Waals surface area contributed by atoms with Crippen LogP contribution in [0.5, 0.6) is 5.88 Å². The van der Waals surface area contributed by atoms with Crippen LogP contribution in [0.1, 0.15) is 13.3 Å². The summed E-state index contributed by atoms with van der Waals surface area (Å²) < 4.78 is 5.41. The molecule has 5 nitrogen and oxygen atoms in total. The highest BCUT2D eigenvalue weighted by atomic mass is 35.5. The van der Waals surface area contributed by atoms with Crippen LogP contribution in [-0.4, -0.2) is 29.0 Å². The van der Waals surface area contributed by atoms with Gasteiger partial charge in [0.1, 0.15) is 6.33 Å².